The molecule has 9 nitrogen and oxygen atoms in total. The molecule has 4 N–H and O–H groups in total. The van der Waals surface area contributed by atoms with Crippen LogP contribution in [0.2, 0.25) is 0 Å². The molecule has 0 bridgehead atoms. The molecule has 3 aromatic rings. The molecule has 0 aliphatic heterocycles. The Bertz CT molecular complexity index is 1270. The van der Waals surface area contributed by atoms with Gasteiger partial charge in [-0.05, 0) is 58.2 Å². The van der Waals surface area contributed by atoms with Gasteiger partial charge in [-0.2, -0.15) is 0 Å². The Morgan fingerprint density at radius 1 is 1.23 bits per heavy atom. The third-order valence-corrected chi connectivity index (χ3v) is 6.76. The van der Waals surface area contributed by atoms with Crippen LogP contribution in [0.1, 0.15) is 55.3 Å². The van der Waals surface area contributed by atoms with E-state index in [0.717, 1.165) is 6.42 Å². The van der Waals surface area contributed by atoms with Crippen molar-refractivity contribution in [3.63, 3.8) is 0 Å². The number of halogens is 1. The first-order chi connectivity index (χ1) is 16.5. The van der Waals surface area contributed by atoms with Crippen LogP contribution < -0.4 is 21.1 Å². The zero-order chi connectivity index (χ0) is 25.3. The molecule has 0 saturated heterocycles. The van der Waals surface area contributed by atoms with Crippen molar-refractivity contribution in [2.24, 2.45) is 5.73 Å². The van der Waals surface area contributed by atoms with Crippen molar-refractivity contribution >= 4 is 45.1 Å². The second-order valence-corrected chi connectivity index (χ2v) is 10.5. The number of anilines is 2. The molecule has 2 unspecified atom stereocenters. The van der Waals surface area contributed by atoms with Crippen LogP contribution in [0.25, 0.3) is 10.2 Å². The molecule has 2 heterocycles. The van der Waals surface area contributed by atoms with Gasteiger partial charge >= 0.3 is 6.09 Å². The van der Waals surface area contributed by atoms with Gasteiger partial charge in [0.2, 0.25) is 0 Å². The fraction of sp³-hybridized carbons (Fsp3) is 0.417. The molecular formula is C24H28FN5O4S. The molecule has 4 rings (SSSR count). The number of hydrogen-bond donors (Lipinski definition) is 3. The van der Waals surface area contributed by atoms with Gasteiger partial charge in [-0.1, -0.05) is 0 Å². The van der Waals surface area contributed by atoms with Crippen LogP contribution in [-0.4, -0.2) is 39.7 Å². The minimum atomic E-state index is -0.577. The molecule has 1 aromatic carbocycles. The number of alkyl carbamates (subject to hydrolysis) is 1. The van der Waals surface area contributed by atoms with Crippen LogP contribution in [0.3, 0.4) is 0 Å². The molecule has 1 saturated carbocycles. The number of aryl methyl sites for hydroxylation is 1. The summed E-state index contributed by atoms with van der Waals surface area (Å²) >= 11 is 1.20. The topological polar surface area (TPSA) is 128 Å². The Kier molecular flexibility index (Phi) is 6.79. The summed E-state index contributed by atoms with van der Waals surface area (Å²) in [5.74, 6) is -0.188. The Morgan fingerprint density at radius 3 is 2.71 bits per heavy atom. The minimum absolute atomic E-state index is 0.0954. The van der Waals surface area contributed by atoms with E-state index in [-0.39, 0.29) is 12.1 Å². The lowest BCUT2D eigenvalue weighted by molar-refractivity contribution is 0.0502. The van der Waals surface area contributed by atoms with Gasteiger partial charge < -0.3 is 25.8 Å². The zero-order valence-corrected chi connectivity index (χ0v) is 20.8. The van der Waals surface area contributed by atoms with Crippen LogP contribution >= 0.6 is 11.3 Å². The van der Waals surface area contributed by atoms with Gasteiger partial charge in [0.05, 0.1) is 16.0 Å². The van der Waals surface area contributed by atoms with E-state index in [1.54, 1.807) is 13.0 Å². The van der Waals surface area contributed by atoms with Crippen LogP contribution in [-0.2, 0) is 4.74 Å². The molecule has 1 aliphatic rings. The van der Waals surface area contributed by atoms with Crippen molar-refractivity contribution in [2.45, 2.75) is 64.7 Å². The molecular weight excluding hydrogens is 473 g/mol. The normalized spacial score (nSPS) is 17.9. The number of hydrogen-bond acceptors (Lipinski definition) is 8. The largest absolute Gasteiger partial charge is 0.488 e. The fourth-order valence-electron chi connectivity index (χ4n) is 4.06. The van der Waals surface area contributed by atoms with E-state index in [0.29, 0.717) is 50.8 Å². The highest BCUT2D eigenvalue weighted by Gasteiger charge is 2.29. The number of ether oxygens (including phenoxy) is 2. The number of benzene rings is 1. The molecule has 2 atom stereocenters. The smallest absolute Gasteiger partial charge is 0.407 e. The molecule has 0 radical (unpaired) electrons. The number of nitrogens with two attached hydrogens (primary N) is 1. The van der Waals surface area contributed by atoms with Crippen LogP contribution in [0, 0.1) is 12.7 Å². The number of nitrogens with one attached hydrogen (secondary N) is 2. The number of primary amides is 1. The summed E-state index contributed by atoms with van der Waals surface area (Å²) in [5.41, 5.74) is 6.11. The lowest BCUT2D eigenvalue weighted by atomic mass is 10.2. The highest BCUT2D eigenvalue weighted by Crippen LogP contribution is 2.37. The van der Waals surface area contributed by atoms with E-state index in [1.807, 2.05) is 20.8 Å². The maximum atomic E-state index is 14.1. The number of thiophene rings is 1. The molecule has 186 valence electrons. The second-order valence-electron chi connectivity index (χ2n) is 9.48. The molecule has 2 aromatic heterocycles. The summed E-state index contributed by atoms with van der Waals surface area (Å²) in [6, 6.07) is 4.11. The Labute approximate surface area is 206 Å². The van der Waals surface area contributed by atoms with Crippen LogP contribution in [0.15, 0.2) is 24.5 Å². The first-order valence-corrected chi connectivity index (χ1v) is 12.1. The average Bonchev–Trinajstić information content (AvgIpc) is 3.33. The number of rotatable bonds is 6. The van der Waals surface area contributed by atoms with E-state index < -0.39 is 23.4 Å². The van der Waals surface area contributed by atoms with Crippen molar-refractivity contribution in [1.29, 1.82) is 0 Å². The van der Waals surface area contributed by atoms with Gasteiger partial charge in [-0.25, -0.2) is 19.2 Å². The minimum Gasteiger partial charge on any atom is -0.488 e. The van der Waals surface area contributed by atoms with Crippen LogP contribution in [0.5, 0.6) is 5.75 Å². The highest BCUT2D eigenvalue weighted by molar-refractivity contribution is 7.20. The number of nitrogens with zero attached hydrogens (tertiary/aromatic N) is 2. The van der Waals surface area contributed by atoms with Gasteiger partial charge in [-0.15, -0.1) is 11.3 Å². The van der Waals surface area contributed by atoms with E-state index in [4.69, 9.17) is 15.2 Å². The zero-order valence-electron chi connectivity index (χ0n) is 20.0. The molecule has 0 spiro atoms. The molecule has 35 heavy (non-hydrogen) atoms. The van der Waals surface area contributed by atoms with Crippen molar-refractivity contribution in [3.8, 4) is 5.75 Å². The number of carbonyl (C=O) groups excluding carboxylic acids is 2. The molecule has 2 amide bonds. The maximum absolute atomic E-state index is 14.1. The van der Waals surface area contributed by atoms with Gasteiger partial charge in [-0.3, -0.25) is 4.79 Å². The van der Waals surface area contributed by atoms with E-state index in [1.165, 1.54) is 29.8 Å². The third kappa shape index (κ3) is 5.79. The van der Waals surface area contributed by atoms with E-state index in [9.17, 15) is 14.0 Å². The summed E-state index contributed by atoms with van der Waals surface area (Å²) in [6.45, 7) is 7.21. The standard InChI is InChI=1S/C24H28FN5O4S/c1-12-18-21(27-11-28-22(18)35-19(12)20(26)31)30-16-8-5-13(25)9-17(16)33-15-7-6-14(10-15)29-23(32)34-24(2,3)4/h5,8-9,11,14-15H,6-7,10H2,1-4H3,(H2,26,31)(H,29,32)(H,27,28,30). The van der Waals surface area contributed by atoms with Crippen molar-refractivity contribution in [2.75, 3.05) is 5.32 Å². The average molecular weight is 502 g/mol. The monoisotopic (exact) mass is 501 g/mol. The number of fused-ring (bicyclic) bond motifs is 1. The predicted molar refractivity (Wildman–Crippen MR) is 132 cm³/mol. The fourth-order valence-corrected chi connectivity index (χ4v) is 5.06. The first-order valence-electron chi connectivity index (χ1n) is 11.3. The third-order valence-electron chi connectivity index (χ3n) is 5.55. The van der Waals surface area contributed by atoms with Crippen LogP contribution in [0.4, 0.5) is 20.7 Å². The Morgan fingerprint density at radius 2 is 2.00 bits per heavy atom. The number of amides is 2. The summed E-state index contributed by atoms with van der Waals surface area (Å²) in [6.07, 6.45) is 2.69. The lowest BCUT2D eigenvalue weighted by Gasteiger charge is -2.22. The quantitative estimate of drug-likeness (QED) is 0.442. The number of aromatic nitrogens is 2. The van der Waals surface area contributed by atoms with Crippen molar-refractivity contribution in [1.82, 2.24) is 15.3 Å². The Hall–Kier alpha value is -3.47. The highest BCUT2D eigenvalue weighted by atomic mass is 32.1. The van der Waals surface area contributed by atoms with E-state index in [2.05, 4.69) is 20.6 Å². The van der Waals surface area contributed by atoms with Gasteiger partial charge in [0.25, 0.3) is 5.91 Å². The van der Waals surface area contributed by atoms with Gasteiger partial charge in [0.1, 0.15) is 40.2 Å². The van der Waals surface area contributed by atoms with Gasteiger partial charge in [0.15, 0.2) is 0 Å². The molecule has 1 aliphatic carbocycles. The maximum Gasteiger partial charge on any atom is 0.407 e. The molecule has 11 heteroatoms. The van der Waals surface area contributed by atoms with Crippen molar-refractivity contribution in [3.05, 3.63) is 40.8 Å². The summed E-state index contributed by atoms with van der Waals surface area (Å²) in [4.78, 5) is 33.5. The summed E-state index contributed by atoms with van der Waals surface area (Å²) in [7, 11) is 0. The van der Waals surface area contributed by atoms with Crippen molar-refractivity contribution < 1.29 is 23.5 Å². The van der Waals surface area contributed by atoms with E-state index >= 15 is 0 Å². The first kappa shape index (κ1) is 24.6. The summed E-state index contributed by atoms with van der Waals surface area (Å²) in [5, 5.41) is 6.74. The Balaban J connectivity index is 1.51. The molecule has 1 fully saturated rings. The SMILES string of the molecule is Cc1c(C(N)=O)sc2ncnc(Nc3ccc(F)cc3OC3CCC(NC(=O)OC(C)(C)C)C3)c12. The summed E-state index contributed by atoms with van der Waals surface area (Å²) < 4.78 is 25.6. The van der Waals surface area contributed by atoms with Gasteiger partial charge in [0, 0.05) is 18.5 Å². The lowest BCUT2D eigenvalue weighted by Crippen LogP contribution is -2.38. The second kappa shape index (κ2) is 9.65. The number of carbonyl (C=O) groups is 2. The predicted octanol–water partition coefficient (Wildman–Crippen LogP) is 4.81.